The Morgan fingerprint density at radius 2 is 1.67 bits per heavy atom. The SMILES string of the molecule is COc1cccc(OC)c1C(O)Cc1ccc(Cl)cc1Cl. The zero-order valence-corrected chi connectivity index (χ0v) is 13.3. The zero-order valence-electron chi connectivity index (χ0n) is 11.8. The third-order valence-corrected chi connectivity index (χ3v) is 3.81. The lowest BCUT2D eigenvalue weighted by Gasteiger charge is -2.18. The molecular weight excluding hydrogens is 311 g/mol. The average molecular weight is 327 g/mol. The van der Waals surface area contributed by atoms with E-state index in [0.29, 0.717) is 33.5 Å². The molecule has 2 rings (SSSR count). The molecule has 0 bridgehead atoms. The number of halogens is 2. The van der Waals surface area contributed by atoms with Crippen LogP contribution in [0.1, 0.15) is 17.2 Å². The molecule has 0 heterocycles. The Morgan fingerprint density at radius 3 is 2.19 bits per heavy atom. The number of hydrogen-bond donors (Lipinski definition) is 1. The Labute approximate surface area is 134 Å². The molecule has 1 unspecified atom stereocenters. The van der Waals surface area contributed by atoms with Gasteiger partial charge in [-0.25, -0.2) is 0 Å². The molecule has 2 aromatic carbocycles. The van der Waals surface area contributed by atoms with E-state index in [0.717, 1.165) is 5.56 Å². The summed E-state index contributed by atoms with van der Waals surface area (Å²) < 4.78 is 10.6. The van der Waals surface area contributed by atoms with E-state index >= 15 is 0 Å². The maximum atomic E-state index is 10.5. The van der Waals surface area contributed by atoms with Crippen LogP contribution in [0.4, 0.5) is 0 Å². The summed E-state index contributed by atoms with van der Waals surface area (Å²) >= 11 is 12.0. The highest BCUT2D eigenvalue weighted by molar-refractivity contribution is 6.35. The van der Waals surface area contributed by atoms with Crippen LogP contribution in [0.2, 0.25) is 10.0 Å². The summed E-state index contributed by atoms with van der Waals surface area (Å²) in [4.78, 5) is 0. The van der Waals surface area contributed by atoms with Gasteiger partial charge in [0.15, 0.2) is 0 Å². The number of aliphatic hydroxyl groups is 1. The van der Waals surface area contributed by atoms with Gasteiger partial charge in [-0.05, 0) is 29.8 Å². The van der Waals surface area contributed by atoms with Gasteiger partial charge in [-0.1, -0.05) is 35.3 Å². The second-order valence-corrected chi connectivity index (χ2v) is 5.38. The molecule has 21 heavy (non-hydrogen) atoms. The lowest BCUT2D eigenvalue weighted by molar-refractivity contribution is 0.169. The topological polar surface area (TPSA) is 38.7 Å². The number of hydrogen-bond acceptors (Lipinski definition) is 3. The maximum Gasteiger partial charge on any atom is 0.128 e. The molecule has 0 fully saturated rings. The third kappa shape index (κ3) is 3.62. The van der Waals surface area contributed by atoms with E-state index in [-0.39, 0.29) is 0 Å². The smallest absolute Gasteiger partial charge is 0.128 e. The molecule has 0 radical (unpaired) electrons. The molecule has 1 N–H and O–H groups in total. The number of ether oxygens (including phenoxy) is 2. The fourth-order valence-corrected chi connectivity index (χ4v) is 2.69. The lowest BCUT2D eigenvalue weighted by atomic mass is 9.99. The molecule has 2 aromatic rings. The van der Waals surface area contributed by atoms with Gasteiger partial charge in [-0.2, -0.15) is 0 Å². The Hall–Kier alpha value is -1.42. The summed E-state index contributed by atoms with van der Waals surface area (Å²) in [5, 5.41) is 11.6. The van der Waals surface area contributed by atoms with Gasteiger partial charge in [0, 0.05) is 16.5 Å². The maximum absolute atomic E-state index is 10.5. The van der Waals surface area contributed by atoms with Crippen molar-refractivity contribution < 1.29 is 14.6 Å². The molecule has 112 valence electrons. The Bertz CT molecular complexity index is 607. The fraction of sp³-hybridized carbons (Fsp3) is 0.250. The van der Waals surface area contributed by atoms with Crippen LogP contribution in [0.3, 0.4) is 0 Å². The van der Waals surface area contributed by atoms with Crippen molar-refractivity contribution in [3.8, 4) is 11.5 Å². The largest absolute Gasteiger partial charge is 0.496 e. The molecule has 0 aliphatic heterocycles. The number of methoxy groups -OCH3 is 2. The first-order chi connectivity index (χ1) is 10.1. The minimum atomic E-state index is -0.797. The highest BCUT2D eigenvalue weighted by atomic mass is 35.5. The highest BCUT2D eigenvalue weighted by Gasteiger charge is 2.20. The zero-order chi connectivity index (χ0) is 15.4. The van der Waals surface area contributed by atoms with Crippen molar-refractivity contribution in [2.75, 3.05) is 14.2 Å². The van der Waals surface area contributed by atoms with Crippen molar-refractivity contribution in [1.82, 2.24) is 0 Å². The van der Waals surface area contributed by atoms with Gasteiger partial charge in [0.1, 0.15) is 11.5 Å². The van der Waals surface area contributed by atoms with Gasteiger partial charge in [0.2, 0.25) is 0 Å². The quantitative estimate of drug-likeness (QED) is 0.890. The van der Waals surface area contributed by atoms with Gasteiger partial charge in [-0.15, -0.1) is 0 Å². The van der Waals surface area contributed by atoms with Crippen molar-refractivity contribution in [2.45, 2.75) is 12.5 Å². The van der Waals surface area contributed by atoms with E-state index < -0.39 is 6.10 Å². The summed E-state index contributed by atoms with van der Waals surface area (Å²) in [6, 6.07) is 10.6. The van der Waals surface area contributed by atoms with Gasteiger partial charge in [-0.3, -0.25) is 0 Å². The summed E-state index contributed by atoms with van der Waals surface area (Å²) in [5.41, 5.74) is 1.41. The Morgan fingerprint density at radius 1 is 1.05 bits per heavy atom. The van der Waals surface area contributed by atoms with Crippen molar-refractivity contribution in [3.05, 3.63) is 57.6 Å². The van der Waals surface area contributed by atoms with Crippen LogP contribution >= 0.6 is 23.2 Å². The fourth-order valence-electron chi connectivity index (χ4n) is 2.21. The minimum absolute atomic E-state index is 0.340. The predicted molar refractivity (Wildman–Crippen MR) is 84.7 cm³/mol. The Kier molecular flexibility index (Phi) is 5.34. The number of benzene rings is 2. The van der Waals surface area contributed by atoms with E-state index in [1.165, 1.54) is 0 Å². The van der Waals surface area contributed by atoms with Crippen molar-refractivity contribution in [1.29, 1.82) is 0 Å². The van der Waals surface area contributed by atoms with Crippen LogP contribution in [0.15, 0.2) is 36.4 Å². The first-order valence-corrected chi connectivity index (χ1v) is 7.15. The summed E-state index contributed by atoms with van der Waals surface area (Å²) in [5.74, 6) is 1.15. The molecule has 0 amide bonds. The molecule has 0 aromatic heterocycles. The molecule has 3 nitrogen and oxygen atoms in total. The summed E-state index contributed by atoms with van der Waals surface area (Å²) in [6.45, 7) is 0. The van der Waals surface area contributed by atoms with E-state index in [1.54, 1.807) is 44.6 Å². The first-order valence-electron chi connectivity index (χ1n) is 6.39. The van der Waals surface area contributed by atoms with Crippen molar-refractivity contribution >= 4 is 23.2 Å². The molecule has 0 aliphatic carbocycles. The average Bonchev–Trinajstić information content (AvgIpc) is 2.49. The minimum Gasteiger partial charge on any atom is -0.496 e. The van der Waals surface area contributed by atoms with E-state index in [1.807, 2.05) is 6.07 Å². The second kappa shape index (κ2) is 7.03. The van der Waals surface area contributed by atoms with Crippen molar-refractivity contribution in [2.24, 2.45) is 0 Å². The highest BCUT2D eigenvalue weighted by Crippen LogP contribution is 2.36. The second-order valence-electron chi connectivity index (χ2n) is 4.53. The van der Waals surface area contributed by atoms with Crippen LogP contribution in [-0.4, -0.2) is 19.3 Å². The van der Waals surface area contributed by atoms with Crippen LogP contribution in [-0.2, 0) is 6.42 Å². The van der Waals surface area contributed by atoms with Crippen molar-refractivity contribution in [3.63, 3.8) is 0 Å². The monoisotopic (exact) mass is 326 g/mol. The third-order valence-electron chi connectivity index (χ3n) is 3.23. The summed E-state index contributed by atoms with van der Waals surface area (Å²) in [6.07, 6.45) is -0.456. The van der Waals surface area contributed by atoms with Gasteiger partial charge >= 0.3 is 0 Å². The lowest BCUT2D eigenvalue weighted by Crippen LogP contribution is -2.06. The Balaban J connectivity index is 2.33. The number of aliphatic hydroxyl groups excluding tert-OH is 1. The normalized spacial score (nSPS) is 12.0. The molecule has 0 spiro atoms. The molecular formula is C16H16Cl2O3. The predicted octanol–water partition coefficient (Wildman–Crippen LogP) is 4.29. The molecule has 0 saturated carbocycles. The first kappa shape index (κ1) is 16.0. The molecule has 5 heteroatoms. The van der Waals surface area contributed by atoms with Crippen LogP contribution < -0.4 is 9.47 Å². The van der Waals surface area contributed by atoms with E-state index in [4.69, 9.17) is 32.7 Å². The van der Waals surface area contributed by atoms with Crippen LogP contribution in [0, 0.1) is 0 Å². The van der Waals surface area contributed by atoms with Crippen LogP contribution in [0.5, 0.6) is 11.5 Å². The summed E-state index contributed by atoms with van der Waals surface area (Å²) in [7, 11) is 3.11. The van der Waals surface area contributed by atoms with E-state index in [9.17, 15) is 5.11 Å². The van der Waals surface area contributed by atoms with Gasteiger partial charge < -0.3 is 14.6 Å². The molecule has 0 saturated heterocycles. The number of rotatable bonds is 5. The van der Waals surface area contributed by atoms with Gasteiger partial charge in [0.05, 0.1) is 25.9 Å². The van der Waals surface area contributed by atoms with Gasteiger partial charge in [0.25, 0.3) is 0 Å². The molecule has 1 atom stereocenters. The molecule has 0 aliphatic rings. The standard InChI is InChI=1S/C16H16Cl2O3/c1-20-14-4-3-5-15(21-2)16(14)13(19)8-10-6-7-11(17)9-12(10)18/h3-7,9,13,19H,8H2,1-2H3. The van der Waals surface area contributed by atoms with Crippen LogP contribution in [0.25, 0.3) is 0 Å². The van der Waals surface area contributed by atoms with E-state index in [2.05, 4.69) is 0 Å².